The quantitative estimate of drug-likeness (QED) is 0.689. The normalized spacial score (nSPS) is 18.5. The van der Waals surface area contributed by atoms with Crippen LogP contribution in [0.15, 0.2) is 16.6 Å². The number of alkyl halides is 3. The molecule has 0 saturated carbocycles. The lowest BCUT2D eigenvalue weighted by Crippen LogP contribution is -2.29. The van der Waals surface area contributed by atoms with Crippen LogP contribution in [0.1, 0.15) is 25.0 Å². The largest absolute Gasteiger partial charge is 0.493 e. The molecule has 0 N–H and O–H groups in total. The Balaban J connectivity index is 2.48. The van der Waals surface area contributed by atoms with Gasteiger partial charge in [-0.25, -0.2) is 0 Å². The van der Waals surface area contributed by atoms with Gasteiger partial charge in [0, 0.05) is 9.89 Å². The zero-order valence-corrected chi connectivity index (χ0v) is 11.1. The van der Waals surface area contributed by atoms with Gasteiger partial charge >= 0.3 is 6.18 Å². The van der Waals surface area contributed by atoms with Gasteiger partial charge in [0.15, 0.2) is 0 Å². The van der Waals surface area contributed by atoms with Crippen LogP contribution in [-0.2, 0) is 12.6 Å². The lowest BCUT2D eigenvalue weighted by molar-refractivity contribution is -0.138. The first-order chi connectivity index (χ1) is 7.69. The standard InChI is InChI=1S/C12H12BrF3O/c1-11(2)5-7-3-8(12(14,15)16)9(13)4-10(7)17-6-11/h3-4H,5-6H2,1-2H3. The van der Waals surface area contributed by atoms with Gasteiger partial charge < -0.3 is 4.74 Å². The van der Waals surface area contributed by atoms with Crippen LogP contribution in [0.4, 0.5) is 13.2 Å². The van der Waals surface area contributed by atoms with E-state index >= 15 is 0 Å². The van der Waals surface area contributed by atoms with Crippen molar-refractivity contribution < 1.29 is 17.9 Å². The van der Waals surface area contributed by atoms with E-state index in [1.807, 2.05) is 13.8 Å². The average molecular weight is 309 g/mol. The molecule has 94 valence electrons. The third-order valence-electron chi connectivity index (χ3n) is 2.74. The molecule has 0 amide bonds. The maximum absolute atomic E-state index is 12.7. The van der Waals surface area contributed by atoms with Gasteiger partial charge in [0.1, 0.15) is 5.75 Å². The van der Waals surface area contributed by atoms with E-state index in [9.17, 15) is 13.2 Å². The highest BCUT2D eigenvalue weighted by atomic mass is 79.9. The van der Waals surface area contributed by atoms with Gasteiger partial charge in [0.05, 0.1) is 12.2 Å². The minimum absolute atomic E-state index is 0.0310. The fourth-order valence-electron chi connectivity index (χ4n) is 1.93. The molecule has 1 aliphatic rings. The van der Waals surface area contributed by atoms with E-state index in [-0.39, 0.29) is 9.89 Å². The Bertz CT molecular complexity index is 452. The number of hydrogen-bond donors (Lipinski definition) is 0. The first kappa shape index (κ1) is 12.7. The number of fused-ring (bicyclic) bond motifs is 1. The lowest BCUT2D eigenvalue weighted by atomic mass is 9.84. The molecule has 1 aromatic rings. The van der Waals surface area contributed by atoms with Crippen LogP contribution in [0.3, 0.4) is 0 Å². The molecule has 5 heteroatoms. The molecule has 1 nitrogen and oxygen atoms in total. The molecule has 0 saturated heterocycles. The molecule has 1 aliphatic heterocycles. The summed E-state index contributed by atoms with van der Waals surface area (Å²) >= 11 is 2.94. The van der Waals surface area contributed by atoms with Gasteiger partial charge in [-0.3, -0.25) is 0 Å². The van der Waals surface area contributed by atoms with Crippen molar-refractivity contribution in [3.8, 4) is 5.75 Å². The van der Waals surface area contributed by atoms with E-state index < -0.39 is 11.7 Å². The molecule has 1 heterocycles. The number of hydrogen-bond acceptors (Lipinski definition) is 1. The van der Waals surface area contributed by atoms with Crippen molar-refractivity contribution in [3.05, 3.63) is 27.7 Å². The molecule has 0 atom stereocenters. The number of benzene rings is 1. The van der Waals surface area contributed by atoms with Crippen molar-refractivity contribution in [1.29, 1.82) is 0 Å². The highest BCUT2D eigenvalue weighted by molar-refractivity contribution is 9.10. The van der Waals surface area contributed by atoms with Crippen molar-refractivity contribution in [2.24, 2.45) is 5.41 Å². The summed E-state index contributed by atoms with van der Waals surface area (Å²) in [4.78, 5) is 0. The molecular formula is C12H12BrF3O. The smallest absolute Gasteiger partial charge is 0.417 e. The van der Waals surface area contributed by atoms with Gasteiger partial charge in [-0.1, -0.05) is 29.8 Å². The first-order valence-corrected chi connectivity index (χ1v) is 6.01. The summed E-state index contributed by atoms with van der Waals surface area (Å²) in [6.45, 7) is 4.48. The molecule has 0 unspecified atom stereocenters. The summed E-state index contributed by atoms with van der Waals surface area (Å²) in [5.41, 5.74) is -0.140. The molecule has 17 heavy (non-hydrogen) atoms. The second kappa shape index (κ2) is 3.90. The SMILES string of the molecule is CC1(C)COc2cc(Br)c(C(F)(F)F)cc2C1. The first-order valence-electron chi connectivity index (χ1n) is 5.21. The van der Waals surface area contributed by atoms with Crippen LogP contribution in [0.5, 0.6) is 5.75 Å². The number of ether oxygens (including phenoxy) is 1. The molecule has 1 aromatic carbocycles. The summed E-state index contributed by atoms with van der Waals surface area (Å²) in [5, 5.41) is 0. The van der Waals surface area contributed by atoms with Crippen LogP contribution in [0, 0.1) is 5.41 Å². The number of halogens is 4. The van der Waals surface area contributed by atoms with E-state index in [2.05, 4.69) is 15.9 Å². The molecular weight excluding hydrogens is 297 g/mol. The third kappa shape index (κ3) is 2.59. The molecule has 0 bridgehead atoms. The summed E-state index contributed by atoms with van der Waals surface area (Å²) in [7, 11) is 0. The average Bonchev–Trinajstić information content (AvgIpc) is 2.15. The third-order valence-corrected chi connectivity index (χ3v) is 3.40. The fourth-order valence-corrected chi connectivity index (χ4v) is 2.48. The van der Waals surface area contributed by atoms with Gasteiger partial charge in [0.25, 0.3) is 0 Å². The highest BCUT2D eigenvalue weighted by Gasteiger charge is 2.36. The number of rotatable bonds is 0. The zero-order chi connectivity index (χ0) is 12.8. The fraction of sp³-hybridized carbons (Fsp3) is 0.500. The maximum atomic E-state index is 12.7. The van der Waals surface area contributed by atoms with Crippen LogP contribution in [-0.4, -0.2) is 6.61 Å². The van der Waals surface area contributed by atoms with Gasteiger partial charge in [-0.2, -0.15) is 13.2 Å². The van der Waals surface area contributed by atoms with E-state index in [1.54, 1.807) is 0 Å². The van der Waals surface area contributed by atoms with E-state index in [0.29, 0.717) is 24.3 Å². The Kier molecular flexibility index (Phi) is 2.92. The summed E-state index contributed by atoms with van der Waals surface area (Å²) in [6.07, 6.45) is -3.74. The minimum Gasteiger partial charge on any atom is -0.493 e. The van der Waals surface area contributed by atoms with Gasteiger partial charge in [0.2, 0.25) is 0 Å². The van der Waals surface area contributed by atoms with E-state index in [1.165, 1.54) is 12.1 Å². The second-order valence-electron chi connectivity index (χ2n) is 5.07. The van der Waals surface area contributed by atoms with Gasteiger partial charge in [-0.05, 0) is 24.1 Å². The molecule has 2 rings (SSSR count). The topological polar surface area (TPSA) is 9.23 Å². The predicted molar refractivity (Wildman–Crippen MR) is 62.1 cm³/mol. The van der Waals surface area contributed by atoms with Crippen molar-refractivity contribution in [2.45, 2.75) is 26.4 Å². The maximum Gasteiger partial charge on any atom is 0.417 e. The zero-order valence-electron chi connectivity index (χ0n) is 9.49. The van der Waals surface area contributed by atoms with Crippen molar-refractivity contribution in [2.75, 3.05) is 6.61 Å². The van der Waals surface area contributed by atoms with E-state index in [4.69, 9.17) is 4.74 Å². The van der Waals surface area contributed by atoms with Gasteiger partial charge in [-0.15, -0.1) is 0 Å². The minimum atomic E-state index is -4.34. The molecule has 0 aliphatic carbocycles. The highest BCUT2D eigenvalue weighted by Crippen LogP contribution is 2.42. The Hall–Kier alpha value is -0.710. The summed E-state index contributed by atoms with van der Waals surface area (Å²) in [5.74, 6) is 0.546. The van der Waals surface area contributed by atoms with Crippen molar-refractivity contribution >= 4 is 15.9 Å². The van der Waals surface area contributed by atoms with Crippen LogP contribution in [0.25, 0.3) is 0 Å². The Morgan fingerprint density at radius 1 is 1.29 bits per heavy atom. The van der Waals surface area contributed by atoms with Crippen LogP contribution in [0.2, 0.25) is 0 Å². The second-order valence-corrected chi connectivity index (χ2v) is 5.92. The lowest BCUT2D eigenvalue weighted by Gasteiger charge is -2.32. The van der Waals surface area contributed by atoms with Crippen LogP contribution < -0.4 is 4.74 Å². The summed E-state index contributed by atoms with van der Waals surface area (Å²) < 4.78 is 43.7. The van der Waals surface area contributed by atoms with E-state index in [0.717, 1.165) is 0 Å². The molecule has 0 aromatic heterocycles. The molecule has 0 spiro atoms. The Morgan fingerprint density at radius 2 is 1.94 bits per heavy atom. The summed E-state index contributed by atoms with van der Waals surface area (Å²) in [6, 6.07) is 2.59. The Labute approximate surface area is 106 Å². The van der Waals surface area contributed by atoms with Crippen molar-refractivity contribution in [1.82, 2.24) is 0 Å². The van der Waals surface area contributed by atoms with Crippen molar-refractivity contribution in [3.63, 3.8) is 0 Å². The van der Waals surface area contributed by atoms with Crippen LogP contribution >= 0.6 is 15.9 Å². The molecule has 0 fully saturated rings. The predicted octanol–water partition coefficient (Wildman–Crippen LogP) is 4.43. The Morgan fingerprint density at radius 3 is 2.53 bits per heavy atom. The monoisotopic (exact) mass is 308 g/mol. The molecule has 0 radical (unpaired) electrons.